The van der Waals surface area contributed by atoms with Crippen molar-refractivity contribution in [3.63, 3.8) is 0 Å². The number of methoxy groups -OCH3 is 1. The molecule has 6 nitrogen and oxygen atoms in total. The Morgan fingerprint density at radius 2 is 2.56 bits per heavy atom. The van der Waals surface area contributed by atoms with Gasteiger partial charge in [-0.3, -0.25) is 9.69 Å². The molecule has 18 heavy (non-hydrogen) atoms. The summed E-state index contributed by atoms with van der Waals surface area (Å²) >= 11 is 0. The molecule has 0 aromatic carbocycles. The van der Waals surface area contributed by atoms with Gasteiger partial charge in [-0.1, -0.05) is 6.07 Å². The minimum absolute atomic E-state index is 0.0130. The first-order valence-corrected chi connectivity index (χ1v) is 5.95. The highest BCUT2D eigenvalue weighted by Crippen LogP contribution is 2.21. The average Bonchev–Trinajstić information content (AvgIpc) is 2.87. The van der Waals surface area contributed by atoms with E-state index in [1.165, 1.54) is 7.11 Å². The van der Waals surface area contributed by atoms with Crippen molar-refractivity contribution in [2.45, 2.75) is 13.0 Å². The van der Waals surface area contributed by atoms with Crippen LogP contribution in [0.15, 0.2) is 18.3 Å². The van der Waals surface area contributed by atoms with Gasteiger partial charge in [0.2, 0.25) is 0 Å². The van der Waals surface area contributed by atoms with E-state index in [9.17, 15) is 4.79 Å². The maximum Gasteiger partial charge on any atom is 0.310 e. The molecule has 2 rings (SSSR count). The van der Waals surface area contributed by atoms with E-state index in [0.717, 1.165) is 31.6 Å². The topological polar surface area (TPSA) is 80.5 Å². The summed E-state index contributed by atoms with van der Waals surface area (Å²) in [5, 5.41) is 0. The third kappa shape index (κ3) is 2.77. The Labute approximate surface area is 106 Å². The van der Waals surface area contributed by atoms with Gasteiger partial charge < -0.3 is 10.2 Å². The molecule has 0 bridgehead atoms. The van der Waals surface area contributed by atoms with E-state index in [-0.39, 0.29) is 11.9 Å². The van der Waals surface area contributed by atoms with Crippen LogP contribution in [0.25, 0.3) is 0 Å². The molecule has 2 heterocycles. The molecule has 0 spiro atoms. The van der Waals surface area contributed by atoms with Gasteiger partial charge in [-0.15, -0.1) is 0 Å². The van der Waals surface area contributed by atoms with Crippen molar-refractivity contribution in [1.82, 2.24) is 9.88 Å². The van der Waals surface area contributed by atoms with Gasteiger partial charge in [0.05, 0.1) is 13.0 Å². The Morgan fingerprint density at radius 1 is 1.72 bits per heavy atom. The molecule has 1 aromatic heterocycles. The number of hydrogen-bond acceptors (Lipinski definition) is 6. The molecular weight excluding hydrogens is 232 g/mol. The summed E-state index contributed by atoms with van der Waals surface area (Å²) in [5.74, 6) is 5.96. The molecule has 6 heteroatoms. The van der Waals surface area contributed by atoms with E-state index in [2.05, 4.69) is 15.3 Å². The summed E-state index contributed by atoms with van der Waals surface area (Å²) in [4.78, 5) is 17.8. The zero-order valence-corrected chi connectivity index (χ0v) is 10.4. The molecule has 1 atom stereocenters. The Balaban J connectivity index is 1.97. The highest BCUT2D eigenvalue weighted by Gasteiger charge is 2.29. The second-order valence-electron chi connectivity index (χ2n) is 4.40. The maximum atomic E-state index is 11.4. The lowest BCUT2D eigenvalue weighted by atomic mass is 10.1. The highest BCUT2D eigenvalue weighted by atomic mass is 16.5. The monoisotopic (exact) mass is 250 g/mol. The van der Waals surface area contributed by atoms with Gasteiger partial charge in [0, 0.05) is 24.8 Å². The summed E-state index contributed by atoms with van der Waals surface area (Å²) in [6, 6.07) is 3.86. The first-order valence-electron chi connectivity index (χ1n) is 5.95. The number of ether oxygens (including phenoxy) is 1. The second-order valence-corrected chi connectivity index (χ2v) is 4.40. The van der Waals surface area contributed by atoms with Crippen LogP contribution < -0.4 is 11.3 Å². The Bertz CT molecular complexity index is 424. The van der Waals surface area contributed by atoms with Gasteiger partial charge in [0.1, 0.15) is 5.82 Å². The van der Waals surface area contributed by atoms with Gasteiger partial charge in [0.15, 0.2) is 0 Å². The number of nitrogens with two attached hydrogens (primary N) is 1. The van der Waals surface area contributed by atoms with Crippen molar-refractivity contribution in [3.8, 4) is 0 Å². The van der Waals surface area contributed by atoms with Crippen LogP contribution in [-0.2, 0) is 16.1 Å². The number of nitrogens with zero attached hydrogens (tertiary/aromatic N) is 2. The standard InChI is InChI=1S/C12H18N4O2/c1-18-12(17)10-4-6-16(8-10)7-9-3-2-5-14-11(9)15-13/h2-3,5,10H,4,6-8,13H2,1H3,(H,14,15). The SMILES string of the molecule is COC(=O)C1CCN(Cc2cccnc2NN)C1. The number of rotatable bonds is 4. The van der Waals surface area contributed by atoms with Crippen molar-refractivity contribution in [1.29, 1.82) is 0 Å². The number of hydrogen-bond donors (Lipinski definition) is 2. The Hall–Kier alpha value is -1.66. The van der Waals surface area contributed by atoms with Crippen LogP contribution in [0.5, 0.6) is 0 Å². The molecule has 1 saturated heterocycles. The van der Waals surface area contributed by atoms with Crippen molar-refractivity contribution in [3.05, 3.63) is 23.9 Å². The number of esters is 1. The van der Waals surface area contributed by atoms with Gasteiger partial charge >= 0.3 is 5.97 Å². The van der Waals surface area contributed by atoms with Crippen LogP contribution in [0.1, 0.15) is 12.0 Å². The number of hydrazine groups is 1. The fraction of sp³-hybridized carbons (Fsp3) is 0.500. The third-order valence-corrected chi connectivity index (χ3v) is 3.23. The fourth-order valence-electron chi connectivity index (χ4n) is 2.27. The maximum absolute atomic E-state index is 11.4. The van der Waals surface area contributed by atoms with Crippen molar-refractivity contribution < 1.29 is 9.53 Å². The van der Waals surface area contributed by atoms with Crippen LogP contribution in [0.2, 0.25) is 0 Å². The number of carbonyl (C=O) groups excluding carboxylic acids is 1. The zero-order valence-electron chi connectivity index (χ0n) is 10.4. The lowest BCUT2D eigenvalue weighted by Gasteiger charge is -2.17. The molecule has 98 valence electrons. The first-order chi connectivity index (χ1) is 8.74. The molecule has 1 aromatic rings. The molecule has 1 aliphatic heterocycles. The van der Waals surface area contributed by atoms with E-state index >= 15 is 0 Å². The highest BCUT2D eigenvalue weighted by molar-refractivity contribution is 5.72. The van der Waals surface area contributed by atoms with Gasteiger partial charge in [-0.05, 0) is 19.0 Å². The quantitative estimate of drug-likeness (QED) is 0.456. The first kappa shape index (κ1) is 12.8. The Morgan fingerprint density at radius 3 is 3.28 bits per heavy atom. The lowest BCUT2D eigenvalue weighted by molar-refractivity contribution is -0.144. The molecule has 3 N–H and O–H groups in total. The van der Waals surface area contributed by atoms with Crippen LogP contribution >= 0.6 is 0 Å². The third-order valence-electron chi connectivity index (χ3n) is 3.23. The van der Waals surface area contributed by atoms with E-state index in [0.29, 0.717) is 5.82 Å². The molecule has 0 aliphatic carbocycles. The molecule has 1 fully saturated rings. The molecule has 1 aliphatic rings. The fourth-order valence-corrected chi connectivity index (χ4v) is 2.27. The number of nitrogens with one attached hydrogen (secondary N) is 1. The predicted molar refractivity (Wildman–Crippen MR) is 67.4 cm³/mol. The molecular formula is C12H18N4O2. The van der Waals surface area contributed by atoms with Crippen LogP contribution in [0.4, 0.5) is 5.82 Å². The van der Waals surface area contributed by atoms with Crippen LogP contribution in [0, 0.1) is 5.92 Å². The van der Waals surface area contributed by atoms with Gasteiger partial charge in [-0.25, -0.2) is 10.8 Å². The minimum atomic E-state index is -0.124. The van der Waals surface area contributed by atoms with E-state index in [4.69, 9.17) is 10.6 Å². The minimum Gasteiger partial charge on any atom is -0.469 e. The zero-order chi connectivity index (χ0) is 13.0. The summed E-state index contributed by atoms with van der Waals surface area (Å²) in [6.07, 6.45) is 2.54. The lowest BCUT2D eigenvalue weighted by Crippen LogP contribution is -2.24. The smallest absolute Gasteiger partial charge is 0.310 e. The van der Waals surface area contributed by atoms with E-state index < -0.39 is 0 Å². The number of pyridine rings is 1. The molecule has 0 saturated carbocycles. The van der Waals surface area contributed by atoms with Crippen molar-refractivity contribution in [2.24, 2.45) is 11.8 Å². The van der Waals surface area contributed by atoms with Gasteiger partial charge in [-0.2, -0.15) is 0 Å². The normalized spacial score (nSPS) is 19.8. The molecule has 1 unspecified atom stereocenters. The van der Waals surface area contributed by atoms with Crippen LogP contribution in [0.3, 0.4) is 0 Å². The number of carbonyl (C=O) groups is 1. The predicted octanol–water partition coefficient (Wildman–Crippen LogP) is 0.362. The number of anilines is 1. The number of nitrogen functional groups attached to an aromatic ring is 1. The number of aromatic nitrogens is 1. The van der Waals surface area contributed by atoms with E-state index in [1.807, 2.05) is 12.1 Å². The average molecular weight is 250 g/mol. The summed E-state index contributed by atoms with van der Waals surface area (Å²) < 4.78 is 4.77. The summed E-state index contributed by atoms with van der Waals surface area (Å²) in [5.41, 5.74) is 3.62. The van der Waals surface area contributed by atoms with E-state index in [1.54, 1.807) is 6.20 Å². The van der Waals surface area contributed by atoms with Crippen molar-refractivity contribution in [2.75, 3.05) is 25.6 Å². The van der Waals surface area contributed by atoms with Crippen LogP contribution in [-0.4, -0.2) is 36.1 Å². The number of likely N-dealkylation sites (tertiary alicyclic amines) is 1. The largest absolute Gasteiger partial charge is 0.469 e. The van der Waals surface area contributed by atoms with Gasteiger partial charge in [0.25, 0.3) is 0 Å². The summed E-state index contributed by atoms with van der Waals surface area (Å²) in [7, 11) is 1.43. The Kier molecular flexibility index (Phi) is 4.11. The second kappa shape index (κ2) is 5.79. The summed E-state index contributed by atoms with van der Waals surface area (Å²) in [6.45, 7) is 2.35. The molecule has 0 radical (unpaired) electrons. The van der Waals surface area contributed by atoms with Crippen molar-refractivity contribution >= 4 is 11.8 Å². The molecule has 0 amide bonds.